The van der Waals surface area contributed by atoms with Crippen LogP contribution in [0.2, 0.25) is 0 Å². The number of nitrogens with zero attached hydrogens (tertiary/aromatic N) is 4. The van der Waals surface area contributed by atoms with Crippen LogP contribution in [0.3, 0.4) is 0 Å². The Labute approximate surface area is 225 Å². The van der Waals surface area contributed by atoms with Gasteiger partial charge >= 0.3 is 6.09 Å². The molecule has 12 heteroatoms. The molecule has 0 bridgehead atoms. The lowest BCUT2D eigenvalue weighted by atomic mass is 10.0. The highest BCUT2D eigenvalue weighted by Crippen LogP contribution is 2.37. The number of cyclic esters (lactones) is 1. The van der Waals surface area contributed by atoms with Crippen LogP contribution in [0.15, 0.2) is 12.1 Å². The van der Waals surface area contributed by atoms with Crippen LogP contribution in [0.5, 0.6) is 11.6 Å². The van der Waals surface area contributed by atoms with Crippen LogP contribution in [0.25, 0.3) is 0 Å². The third-order valence-electron chi connectivity index (χ3n) is 7.80. The highest BCUT2D eigenvalue weighted by Gasteiger charge is 2.40. The van der Waals surface area contributed by atoms with Crippen molar-refractivity contribution in [3.63, 3.8) is 0 Å². The average molecular weight is 534 g/mol. The summed E-state index contributed by atoms with van der Waals surface area (Å²) in [4.78, 5) is 34.4. The van der Waals surface area contributed by atoms with Crippen molar-refractivity contribution in [2.75, 3.05) is 43.1 Å². The lowest BCUT2D eigenvalue weighted by molar-refractivity contribution is -0.118. The number of ether oxygens (including phenoxy) is 3. The predicted molar refractivity (Wildman–Crippen MR) is 140 cm³/mol. The molecule has 4 N–H and O–H groups in total. The zero-order valence-electron chi connectivity index (χ0n) is 21.8. The van der Waals surface area contributed by atoms with E-state index in [0.29, 0.717) is 61.0 Å². The number of carbonyl (C=O) groups is 2. The maximum Gasteiger partial charge on any atom is 0.415 e. The van der Waals surface area contributed by atoms with Gasteiger partial charge in [-0.2, -0.15) is 5.26 Å². The minimum atomic E-state index is -0.464. The van der Waals surface area contributed by atoms with Crippen molar-refractivity contribution in [1.29, 1.82) is 5.26 Å². The van der Waals surface area contributed by atoms with Crippen molar-refractivity contribution in [1.82, 2.24) is 15.3 Å². The highest BCUT2D eigenvalue weighted by molar-refractivity contribution is 5.95. The van der Waals surface area contributed by atoms with Gasteiger partial charge in [-0.1, -0.05) is 0 Å². The summed E-state index contributed by atoms with van der Waals surface area (Å²) < 4.78 is 16.8. The summed E-state index contributed by atoms with van der Waals surface area (Å²) in [7, 11) is 0. The first kappa shape index (κ1) is 25.3. The summed E-state index contributed by atoms with van der Waals surface area (Å²) in [5.74, 6) is 1.75. The topological polar surface area (TPSA) is 165 Å². The van der Waals surface area contributed by atoms with Gasteiger partial charge in [0.1, 0.15) is 30.3 Å². The number of amides is 2. The first-order valence-corrected chi connectivity index (χ1v) is 13.3. The first-order chi connectivity index (χ1) is 18.8. The van der Waals surface area contributed by atoms with Crippen molar-refractivity contribution >= 4 is 23.6 Å². The molecule has 39 heavy (non-hydrogen) atoms. The van der Waals surface area contributed by atoms with Crippen LogP contribution in [0, 0.1) is 24.2 Å². The zero-order valence-corrected chi connectivity index (χ0v) is 21.8. The van der Waals surface area contributed by atoms with Crippen molar-refractivity contribution in [3.05, 3.63) is 34.5 Å². The number of nitrogens with one attached hydrogen (secondary N) is 2. The fourth-order valence-corrected chi connectivity index (χ4v) is 5.32. The van der Waals surface area contributed by atoms with E-state index < -0.39 is 6.09 Å². The van der Waals surface area contributed by atoms with E-state index in [9.17, 15) is 14.9 Å². The van der Waals surface area contributed by atoms with Crippen LogP contribution in [-0.4, -0.2) is 66.5 Å². The zero-order chi connectivity index (χ0) is 27.1. The molecule has 0 aromatic carbocycles. The van der Waals surface area contributed by atoms with Crippen molar-refractivity contribution in [2.24, 2.45) is 11.7 Å². The van der Waals surface area contributed by atoms with E-state index in [1.165, 1.54) is 4.90 Å². The third-order valence-corrected chi connectivity index (χ3v) is 7.80. The van der Waals surface area contributed by atoms with Crippen LogP contribution in [0.4, 0.5) is 16.4 Å². The number of hydrogen-bond donors (Lipinski definition) is 3. The van der Waals surface area contributed by atoms with Crippen molar-refractivity contribution in [2.45, 2.75) is 50.7 Å². The number of aromatic nitrogens is 2. The number of rotatable bonds is 9. The number of pyridine rings is 2. The van der Waals surface area contributed by atoms with Crippen molar-refractivity contribution < 1.29 is 23.8 Å². The number of nitrogens with two attached hydrogens (primary N) is 1. The average Bonchev–Trinajstić information content (AvgIpc) is 3.32. The molecule has 0 radical (unpaired) electrons. The van der Waals surface area contributed by atoms with Gasteiger partial charge in [0.15, 0.2) is 18.2 Å². The Morgan fingerprint density at radius 2 is 2.10 bits per heavy atom. The molecule has 1 saturated heterocycles. The predicted octanol–water partition coefficient (Wildman–Crippen LogP) is 1.58. The fraction of sp³-hybridized carbons (Fsp3) is 0.519. The molecule has 0 spiro atoms. The molecule has 2 unspecified atom stereocenters. The molecule has 4 heterocycles. The molecule has 6 rings (SSSR count). The first-order valence-electron chi connectivity index (χ1n) is 13.3. The van der Waals surface area contributed by atoms with Crippen LogP contribution < -0.4 is 30.7 Å². The third kappa shape index (κ3) is 5.20. The summed E-state index contributed by atoms with van der Waals surface area (Å²) in [6.07, 6.45) is 3.46. The van der Waals surface area contributed by atoms with E-state index >= 15 is 0 Å². The van der Waals surface area contributed by atoms with Crippen molar-refractivity contribution in [3.8, 4) is 17.7 Å². The second kappa shape index (κ2) is 9.98. The summed E-state index contributed by atoms with van der Waals surface area (Å²) in [6.45, 7) is 4.20. The maximum atomic E-state index is 12.5. The quantitative estimate of drug-likeness (QED) is 0.403. The number of nitriles is 1. The monoisotopic (exact) mass is 533 g/mol. The Hall–Kier alpha value is -3.95. The molecule has 12 nitrogen and oxygen atoms in total. The SMILES string of the molecule is Cc1c(OCC2(N)CC2)nc(C#N)c2c1CC(CNCCC1CN(c3ccc4c(n3)NC(=O)CO4)C(=O)O1)C2. The summed E-state index contributed by atoms with van der Waals surface area (Å²) in [6, 6.07) is 5.61. The normalized spacial score (nSPS) is 22.3. The lowest BCUT2D eigenvalue weighted by Gasteiger charge is -2.19. The lowest BCUT2D eigenvalue weighted by Crippen LogP contribution is -2.30. The molecular formula is C27H31N7O5. The van der Waals surface area contributed by atoms with Gasteiger partial charge in [-0.3, -0.25) is 9.69 Å². The van der Waals surface area contributed by atoms with Gasteiger partial charge in [-0.05, 0) is 81.3 Å². The minimum absolute atomic E-state index is 0.0530. The molecule has 2 fully saturated rings. The molecule has 4 aliphatic rings. The fourth-order valence-electron chi connectivity index (χ4n) is 5.32. The van der Waals surface area contributed by atoms with Gasteiger partial charge in [-0.15, -0.1) is 0 Å². The molecule has 2 aliphatic heterocycles. The number of carbonyl (C=O) groups excluding carboxylic acids is 2. The van der Waals surface area contributed by atoms with Crippen LogP contribution >= 0.6 is 0 Å². The van der Waals surface area contributed by atoms with E-state index in [-0.39, 0.29) is 24.2 Å². The summed E-state index contributed by atoms with van der Waals surface area (Å²) in [5, 5.41) is 15.8. The molecule has 2 amide bonds. The van der Waals surface area contributed by atoms with E-state index in [2.05, 4.69) is 26.7 Å². The molecule has 2 atom stereocenters. The van der Waals surface area contributed by atoms with E-state index in [1.807, 2.05) is 6.92 Å². The molecular weight excluding hydrogens is 502 g/mol. The van der Waals surface area contributed by atoms with E-state index in [4.69, 9.17) is 19.9 Å². The van der Waals surface area contributed by atoms with Gasteiger partial charge in [0, 0.05) is 5.56 Å². The highest BCUT2D eigenvalue weighted by atomic mass is 16.6. The Morgan fingerprint density at radius 3 is 2.90 bits per heavy atom. The van der Waals surface area contributed by atoms with Crippen LogP contribution in [-0.2, 0) is 22.4 Å². The smallest absolute Gasteiger partial charge is 0.415 e. The summed E-state index contributed by atoms with van der Waals surface area (Å²) in [5.41, 5.74) is 9.52. The molecule has 2 aliphatic carbocycles. The Balaban J connectivity index is 0.997. The Bertz CT molecular complexity index is 1370. The number of fused-ring (bicyclic) bond motifs is 2. The summed E-state index contributed by atoms with van der Waals surface area (Å²) >= 11 is 0. The Kier molecular flexibility index (Phi) is 6.48. The molecule has 2 aromatic heterocycles. The maximum absolute atomic E-state index is 12.5. The molecule has 204 valence electrons. The number of anilines is 2. The largest absolute Gasteiger partial charge is 0.480 e. The Morgan fingerprint density at radius 1 is 1.28 bits per heavy atom. The molecule has 2 aromatic rings. The van der Waals surface area contributed by atoms with E-state index in [0.717, 1.165) is 48.9 Å². The van der Waals surface area contributed by atoms with Gasteiger partial charge in [0.25, 0.3) is 5.91 Å². The standard InChI is InChI=1S/C27H31N7O5/c1-15-18-8-16(9-19(18)20(10-28)31-25(15)38-14-27(29)5-6-27)11-30-7-4-17-12-34(26(36)39-17)22-3-2-21-24(32-22)33-23(35)13-37-21/h2-3,16-17,30H,4-9,11-14,29H2,1H3,(H,32,33,35). The van der Waals surface area contributed by atoms with Gasteiger partial charge < -0.3 is 30.6 Å². The molecule has 1 saturated carbocycles. The van der Waals surface area contributed by atoms with Crippen LogP contribution in [0.1, 0.15) is 41.6 Å². The van der Waals surface area contributed by atoms with E-state index in [1.54, 1.807) is 12.1 Å². The van der Waals surface area contributed by atoms with Gasteiger partial charge in [0.2, 0.25) is 5.88 Å². The van der Waals surface area contributed by atoms with Gasteiger partial charge in [0.05, 0.1) is 12.1 Å². The number of hydrogen-bond acceptors (Lipinski definition) is 10. The second-order valence-corrected chi connectivity index (χ2v) is 10.8. The second-order valence-electron chi connectivity index (χ2n) is 10.8. The minimum Gasteiger partial charge on any atom is -0.480 e. The van der Waals surface area contributed by atoms with Gasteiger partial charge in [-0.25, -0.2) is 14.8 Å².